The van der Waals surface area contributed by atoms with Gasteiger partial charge in [-0.05, 0) is 37.5 Å². The molecule has 0 amide bonds. The van der Waals surface area contributed by atoms with Gasteiger partial charge < -0.3 is 20.1 Å². The Morgan fingerprint density at radius 3 is 2.14 bits per heavy atom. The molecular formula is C24H46O5. The van der Waals surface area contributed by atoms with Crippen molar-refractivity contribution in [2.75, 3.05) is 7.11 Å². The van der Waals surface area contributed by atoms with Crippen molar-refractivity contribution in [1.82, 2.24) is 0 Å². The highest BCUT2D eigenvalue weighted by Gasteiger charge is 2.50. The third-order valence-electron chi connectivity index (χ3n) is 7.20. The van der Waals surface area contributed by atoms with Crippen LogP contribution >= 0.6 is 0 Å². The molecule has 0 bridgehead atoms. The standard InChI is InChI=1S/C24H46O5/c1-5-6-7-8-9-10-11-14-19-16-17-21(25)20(19)15-12-13-18-23(2,3)24(28,29-4)22(26)27/h19-21,25,28H,5-18H2,1-4H3,(H,26,27)/t19-,20+,21-,24?/m0/s1. The molecule has 0 aromatic rings. The molecule has 172 valence electrons. The number of carboxylic acids is 1. The Hall–Kier alpha value is -0.650. The maximum absolute atomic E-state index is 11.4. The van der Waals surface area contributed by atoms with Crippen molar-refractivity contribution in [3.05, 3.63) is 0 Å². The Bertz CT molecular complexity index is 464. The van der Waals surface area contributed by atoms with E-state index in [1.165, 1.54) is 58.5 Å². The summed E-state index contributed by atoms with van der Waals surface area (Å²) in [7, 11) is 1.24. The van der Waals surface area contributed by atoms with E-state index in [0.717, 1.165) is 32.1 Å². The number of hydrogen-bond donors (Lipinski definition) is 3. The normalized spacial score (nSPS) is 24.6. The smallest absolute Gasteiger partial charge is 0.364 e. The first-order chi connectivity index (χ1) is 13.7. The van der Waals surface area contributed by atoms with Crippen molar-refractivity contribution in [2.45, 2.75) is 123 Å². The summed E-state index contributed by atoms with van der Waals surface area (Å²) in [5, 5.41) is 30.1. The Balaban J connectivity index is 2.34. The van der Waals surface area contributed by atoms with Gasteiger partial charge in [0.25, 0.3) is 5.79 Å². The van der Waals surface area contributed by atoms with Crippen molar-refractivity contribution in [3.8, 4) is 0 Å². The molecule has 29 heavy (non-hydrogen) atoms. The number of unbranched alkanes of at least 4 members (excludes halogenated alkanes) is 7. The van der Waals surface area contributed by atoms with Crippen LogP contribution in [0.25, 0.3) is 0 Å². The van der Waals surface area contributed by atoms with Gasteiger partial charge in [-0.1, -0.05) is 85.0 Å². The summed E-state index contributed by atoms with van der Waals surface area (Å²) in [4.78, 5) is 11.4. The van der Waals surface area contributed by atoms with Crippen molar-refractivity contribution in [2.24, 2.45) is 17.3 Å². The fraction of sp³-hybridized carbons (Fsp3) is 0.958. The predicted molar refractivity (Wildman–Crippen MR) is 117 cm³/mol. The topological polar surface area (TPSA) is 87.0 Å². The van der Waals surface area contributed by atoms with Gasteiger partial charge in [0.05, 0.1) is 6.10 Å². The molecule has 1 aliphatic rings. The van der Waals surface area contributed by atoms with E-state index in [1.807, 2.05) is 0 Å². The van der Waals surface area contributed by atoms with Crippen LogP contribution in [0.2, 0.25) is 0 Å². The summed E-state index contributed by atoms with van der Waals surface area (Å²) in [5.74, 6) is -2.51. The number of hydrogen-bond acceptors (Lipinski definition) is 4. The SMILES string of the molecule is CCCCCCCCC[C@H]1CC[C@H](O)[C@@H]1CCCCC(C)(C)C(O)(OC)C(=O)O. The van der Waals surface area contributed by atoms with Gasteiger partial charge in [-0.2, -0.15) is 0 Å². The van der Waals surface area contributed by atoms with E-state index in [4.69, 9.17) is 4.74 Å². The summed E-state index contributed by atoms with van der Waals surface area (Å²) in [6.45, 7) is 5.72. The maximum atomic E-state index is 11.4. The van der Waals surface area contributed by atoms with E-state index in [9.17, 15) is 20.1 Å². The van der Waals surface area contributed by atoms with Crippen LogP contribution in [0, 0.1) is 17.3 Å². The van der Waals surface area contributed by atoms with Crippen LogP contribution < -0.4 is 0 Å². The van der Waals surface area contributed by atoms with Crippen LogP contribution in [0.4, 0.5) is 0 Å². The van der Waals surface area contributed by atoms with Crippen molar-refractivity contribution in [1.29, 1.82) is 0 Å². The number of rotatable bonds is 16. The van der Waals surface area contributed by atoms with Crippen LogP contribution in [-0.4, -0.2) is 40.3 Å². The van der Waals surface area contributed by atoms with Gasteiger partial charge in [-0.25, -0.2) is 4.79 Å². The van der Waals surface area contributed by atoms with Crippen molar-refractivity contribution >= 4 is 5.97 Å². The second-order valence-corrected chi connectivity index (χ2v) is 9.76. The van der Waals surface area contributed by atoms with Crippen molar-refractivity contribution in [3.63, 3.8) is 0 Å². The monoisotopic (exact) mass is 414 g/mol. The lowest BCUT2D eigenvalue weighted by Gasteiger charge is -2.37. The fourth-order valence-corrected chi connectivity index (χ4v) is 5.05. The van der Waals surface area contributed by atoms with Gasteiger partial charge in [-0.15, -0.1) is 0 Å². The lowest BCUT2D eigenvalue weighted by Crippen LogP contribution is -2.53. The molecule has 0 aromatic carbocycles. The van der Waals surface area contributed by atoms with E-state index in [-0.39, 0.29) is 6.10 Å². The zero-order valence-electron chi connectivity index (χ0n) is 19.3. The lowest BCUT2D eigenvalue weighted by atomic mass is 9.77. The van der Waals surface area contributed by atoms with Crippen LogP contribution in [0.15, 0.2) is 0 Å². The van der Waals surface area contributed by atoms with Gasteiger partial charge in [0.15, 0.2) is 0 Å². The summed E-state index contributed by atoms with van der Waals surface area (Å²) in [6.07, 6.45) is 15.7. The number of aliphatic hydroxyl groups is 2. The van der Waals surface area contributed by atoms with Crippen LogP contribution in [0.5, 0.6) is 0 Å². The van der Waals surface area contributed by atoms with Crippen LogP contribution in [0.3, 0.4) is 0 Å². The zero-order valence-corrected chi connectivity index (χ0v) is 19.3. The Morgan fingerprint density at radius 2 is 1.55 bits per heavy atom. The summed E-state index contributed by atoms with van der Waals surface area (Å²) in [6, 6.07) is 0. The highest BCUT2D eigenvalue weighted by molar-refractivity contribution is 5.76. The molecule has 3 N–H and O–H groups in total. The maximum Gasteiger partial charge on any atom is 0.364 e. The Kier molecular flexibility index (Phi) is 11.7. The largest absolute Gasteiger partial charge is 0.477 e. The minimum atomic E-state index is -2.17. The lowest BCUT2D eigenvalue weighted by molar-refractivity contribution is -0.256. The first-order valence-corrected chi connectivity index (χ1v) is 11.9. The number of aliphatic hydroxyl groups excluding tert-OH is 1. The Labute approximate surface area is 178 Å². The van der Waals surface area contributed by atoms with E-state index >= 15 is 0 Å². The minimum Gasteiger partial charge on any atom is -0.477 e. The van der Waals surface area contributed by atoms with Crippen LogP contribution in [0.1, 0.15) is 111 Å². The molecule has 5 nitrogen and oxygen atoms in total. The average molecular weight is 415 g/mol. The molecule has 1 rings (SSSR count). The summed E-state index contributed by atoms with van der Waals surface area (Å²) < 4.78 is 4.93. The van der Waals surface area contributed by atoms with E-state index in [2.05, 4.69) is 6.92 Å². The van der Waals surface area contributed by atoms with E-state index in [1.54, 1.807) is 13.8 Å². The number of aliphatic carboxylic acids is 1. The third kappa shape index (κ3) is 7.84. The fourth-order valence-electron chi connectivity index (χ4n) is 5.05. The zero-order chi connectivity index (χ0) is 21.9. The van der Waals surface area contributed by atoms with E-state index in [0.29, 0.717) is 18.3 Å². The third-order valence-corrected chi connectivity index (χ3v) is 7.20. The molecular weight excluding hydrogens is 368 g/mol. The molecule has 4 atom stereocenters. The highest BCUT2D eigenvalue weighted by Crippen LogP contribution is 2.41. The summed E-state index contributed by atoms with van der Waals surface area (Å²) in [5.41, 5.74) is -0.876. The molecule has 0 spiro atoms. The molecule has 0 aromatic heterocycles. The van der Waals surface area contributed by atoms with Gasteiger partial charge in [0.1, 0.15) is 0 Å². The molecule has 1 aliphatic carbocycles. The summed E-state index contributed by atoms with van der Waals surface area (Å²) >= 11 is 0. The number of carbonyl (C=O) groups is 1. The molecule has 0 aliphatic heterocycles. The molecule has 1 unspecified atom stereocenters. The quantitative estimate of drug-likeness (QED) is 0.229. The second kappa shape index (κ2) is 12.9. The molecule has 0 radical (unpaired) electrons. The minimum absolute atomic E-state index is 0.188. The van der Waals surface area contributed by atoms with Gasteiger partial charge >= 0.3 is 5.97 Å². The molecule has 1 fully saturated rings. The van der Waals surface area contributed by atoms with Crippen LogP contribution in [-0.2, 0) is 9.53 Å². The second-order valence-electron chi connectivity index (χ2n) is 9.76. The number of methoxy groups -OCH3 is 1. The molecule has 5 heteroatoms. The van der Waals surface area contributed by atoms with Gasteiger partial charge in [-0.3, -0.25) is 0 Å². The average Bonchev–Trinajstić information content (AvgIpc) is 3.03. The van der Waals surface area contributed by atoms with Gasteiger partial charge in [0, 0.05) is 12.5 Å². The highest BCUT2D eigenvalue weighted by atomic mass is 16.6. The molecule has 0 heterocycles. The number of ether oxygens (including phenoxy) is 1. The molecule has 1 saturated carbocycles. The predicted octanol–water partition coefficient (Wildman–Crippen LogP) is 5.52. The molecule has 0 saturated heterocycles. The van der Waals surface area contributed by atoms with E-state index < -0.39 is 17.2 Å². The number of carboxylic acid groups (broad SMARTS) is 1. The first-order valence-electron chi connectivity index (χ1n) is 11.9. The van der Waals surface area contributed by atoms with Crippen molar-refractivity contribution < 1.29 is 24.9 Å². The van der Waals surface area contributed by atoms with Gasteiger partial charge in [0.2, 0.25) is 0 Å². The first kappa shape index (κ1) is 26.4. The Morgan fingerprint density at radius 1 is 0.966 bits per heavy atom.